The highest BCUT2D eigenvalue weighted by Crippen LogP contribution is 2.35. The first-order valence-electron chi connectivity index (χ1n) is 11.3. The standard InChI is InChI=1S/C27H27NO5/c1-31-25-10-9-19-11-21(8-7-20(19)14-25)26(29)22-12-23-16-32-17-24(13-22)28(23)27(30)33-15-18-5-3-2-4-6-18/h2-11,14,22-24H,12-13,15-17H2,1H3. The number of fused-ring (bicyclic) bond motifs is 3. The van der Waals surface area contributed by atoms with E-state index in [4.69, 9.17) is 14.2 Å². The van der Waals surface area contributed by atoms with Gasteiger partial charge >= 0.3 is 6.09 Å². The SMILES string of the molecule is COc1ccc2cc(C(=O)C3CC4COCC(C3)N4C(=O)OCc3ccccc3)ccc2c1. The fraction of sp³-hybridized carbons (Fsp3) is 0.333. The van der Waals surface area contributed by atoms with E-state index in [1.807, 2.05) is 66.7 Å². The van der Waals surface area contributed by atoms with Crippen LogP contribution in [0.2, 0.25) is 0 Å². The van der Waals surface area contributed by atoms with Crippen molar-refractivity contribution < 1.29 is 23.8 Å². The van der Waals surface area contributed by atoms with Gasteiger partial charge in [-0.1, -0.05) is 48.5 Å². The van der Waals surface area contributed by atoms with Gasteiger partial charge in [0.2, 0.25) is 0 Å². The molecule has 2 fully saturated rings. The largest absolute Gasteiger partial charge is 0.497 e. The van der Waals surface area contributed by atoms with Crippen molar-refractivity contribution in [1.82, 2.24) is 4.90 Å². The first kappa shape index (κ1) is 21.5. The van der Waals surface area contributed by atoms with Gasteiger partial charge < -0.3 is 14.2 Å². The van der Waals surface area contributed by atoms with Crippen molar-refractivity contribution >= 4 is 22.6 Å². The molecule has 170 valence electrons. The van der Waals surface area contributed by atoms with Crippen LogP contribution in [0.1, 0.15) is 28.8 Å². The maximum atomic E-state index is 13.4. The van der Waals surface area contributed by atoms with Crippen molar-refractivity contribution in [3.63, 3.8) is 0 Å². The van der Waals surface area contributed by atoms with Gasteiger partial charge in [0.15, 0.2) is 5.78 Å². The molecule has 2 aliphatic rings. The minimum atomic E-state index is -0.331. The normalized spacial score (nSPS) is 22.1. The molecule has 2 heterocycles. The molecule has 0 radical (unpaired) electrons. The predicted octanol–water partition coefficient (Wildman–Crippen LogP) is 4.85. The molecule has 2 atom stereocenters. The second-order valence-electron chi connectivity index (χ2n) is 8.75. The Hall–Kier alpha value is -3.38. The average molecular weight is 446 g/mol. The van der Waals surface area contributed by atoms with Crippen LogP contribution < -0.4 is 4.74 Å². The van der Waals surface area contributed by atoms with Crippen LogP contribution in [0, 0.1) is 5.92 Å². The fourth-order valence-electron chi connectivity index (χ4n) is 4.96. The number of ether oxygens (including phenoxy) is 3. The molecule has 3 aromatic rings. The molecule has 2 saturated heterocycles. The number of piperidine rings is 1. The first-order chi connectivity index (χ1) is 16.1. The van der Waals surface area contributed by atoms with E-state index in [1.54, 1.807) is 12.0 Å². The van der Waals surface area contributed by atoms with E-state index in [0.29, 0.717) is 31.6 Å². The molecule has 33 heavy (non-hydrogen) atoms. The lowest BCUT2D eigenvalue weighted by molar-refractivity contribution is -0.0755. The summed E-state index contributed by atoms with van der Waals surface area (Å²) in [6.45, 7) is 1.09. The van der Waals surface area contributed by atoms with Gasteiger partial charge in [-0.25, -0.2) is 4.79 Å². The summed E-state index contributed by atoms with van der Waals surface area (Å²) >= 11 is 0. The molecule has 6 heteroatoms. The Morgan fingerprint density at radius 2 is 1.64 bits per heavy atom. The summed E-state index contributed by atoms with van der Waals surface area (Å²) in [5, 5.41) is 2.04. The zero-order valence-corrected chi connectivity index (χ0v) is 18.6. The lowest BCUT2D eigenvalue weighted by Crippen LogP contribution is -2.59. The molecule has 0 N–H and O–H groups in total. The summed E-state index contributed by atoms with van der Waals surface area (Å²) in [6.07, 6.45) is 0.829. The third-order valence-electron chi connectivity index (χ3n) is 6.64. The molecule has 2 unspecified atom stereocenters. The van der Waals surface area contributed by atoms with Crippen LogP contribution in [-0.4, -0.2) is 49.2 Å². The summed E-state index contributed by atoms with van der Waals surface area (Å²) in [7, 11) is 1.64. The van der Waals surface area contributed by atoms with Gasteiger partial charge in [0.05, 0.1) is 32.4 Å². The lowest BCUT2D eigenvalue weighted by Gasteiger charge is -2.47. The van der Waals surface area contributed by atoms with Gasteiger partial charge in [-0.3, -0.25) is 9.69 Å². The number of ketones is 1. The van der Waals surface area contributed by atoms with Crippen molar-refractivity contribution in [1.29, 1.82) is 0 Å². The Labute approximate surface area is 193 Å². The van der Waals surface area contributed by atoms with Crippen molar-refractivity contribution in [3.8, 4) is 5.75 Å². The Kier molecular flexibility index (Phi) is 6.01. The minimum absolute atomic E-state index is 0.127. The summed E-state index contributed by atoms with van der Waals surface area (Å²) < 4.78 is 16.6. The van der Waals surface area contributed by atoms with E-state index in [9.17, 15) is 9.59 Å². The Morgan fingerprint density at radius 1 is 0.939 bits per heavy atom. The number of amides is 1. The van der Waals surface area contributed by atoms with Gasteiger partial charge in [-0.05, 0) is 47.4 Å². The second kappa shape index (κ2) is 9.24. The number of methoxy groups -OCH3 is 1. The van der Waals surface area contributed by atoms with Crippen LogP contribution in [0.5, 0.6) is 5.75 Å². The number of Topliss-reactive ketones (excluding diaryl/α,β-unsaturated/α-hetero) is 1. The Balaban J connectivity index is 1.28. The summed E-state index contributed by atoms with van der Waals surface area (Å²) in [4.78, 5) is 28.1. The number of carbonyl (C=O) groups is 2. The number of nitrogens with zero attached hydrogens (tertiary/aromatic N) is 1. The zero-order valence-electron chi connectivity index (χ0n) is 18.6. The minimum Gasteiger partial charge on any atom is -0.497 e. The third-order valence-corrected chi connectivity index (χ3v) is 6.64. The number of rotatable bonds is 5. The van der Waals surface area contributed by atoms with Crippen LogP contribution in [0.3, 0.4) is 0 Å². The molecule has 1 amide bonds. The topological polar surface area (TPSA) is 65.1 Å². The van der Waals surface area contributed by atoms with E-state index >= 15 is 0 Å². The molecule has 0 aliphatic carbocycles. The quantitative estimate of drug-likeness (QED) is 0.526. The zero-order chi connectivity index (χ0) is 22.8. The van der Waals surface area contributed by atoms with Crippen molar-refractivity contribution in [3.05, 3.63) is 77.9 Å². The van der Waals surface area contributed by atoms with E-state index in [2.05, 4.69) is 0 Å². The monoisotopic (exact) mass is 445 g/mol. The van der Waals surface area contributed by atoms with E-state index in [0.717, 1.165) is 22.1 Å². The number of hydrogen-bond donors (Lipinski definition) is 0. The average Bonchev–Trinajstić information content (AvgIpc) is 2.86. The van der Waals surface area contributed by atoms with Gasteiger partial charge in [-0.2, -0.15) is 0 Å². The van der Waals surface area contributed by atoms with Crippen LogP contribution in [0.15, 0.2) is 66.7 Å². The molecule has 0 saturated carbocycles. The highest BCUT2D eigenvalue weighted by molar-refractivity contribution is 6.01. The highest BCUT2D eigenvalue weighted by Gasteiger charge is 2.44. The maximum absolute atomic E-state index is 13.4. The Morgan fingerprint density at radius 3 is 2.36 bits per heavy atom. The molecule has 0 spiro atoms. The van der Waals surface area contributed by atoms with Crippen LogP contribution in [-0.2, 0) is 16.1 Å². The van der Waals surface area contributed by atoms with Gasteiger partial charge in [0.25, 0.3) is 0 Å². The van der Waals surface area contributed by atoms with Gasteiger partial charge in [0.1, 0.15) is 12.4 Å². The lowest BCUT2D eigenvalue weighted by atomic mass is 9.80. The van der Waals surface area contributed by atoms with E-state index < -0.39 is 0 Å². The number of morpholine rings is 1. The second-order valence-corrected chi connectivity index (χ2v) is 8.75. The third kappa shape index (κ3) is 4.44. The highest BCUT2D eigenvalue weighted by atomic mass is 16.6. The van der Waals surface area contributed by atoms with Gasteiger partial charge in [-0.15, -0.1) is 0 Å². The fourth-order valence-corrected chi connectivity index (χ4v) is 4.96. The predicted molar refractivity (Wildman–Crippen MR) is 124 cm³/mol. The molecule has 5 rings (SSSR count). The molecular formula is C27H27NO5. The van der Waals surface area contributed by atoms with E-state index in [-0.39, 0.29) is 36.5 Å². The van der Waals surface area contributed by atoms with E-state index in [1.165, 1.54) is 0 Å². The van der Waals surface area contributed by atoms with Crippen LogP contribution >= 0.6 is 0 Å². The van der Waals surface area contributed by atoms with Crippen molar-refractivity contribution in [2.75, 3.05) is 20.3 Å². The number of carbonyl (C=O) groups excluding carboxylic acids is 2. The smallest absolute Gasteiger partial charge is 0.410 e. The molecule has 6 nitrogen and oxygen atoms in total. The molecule has 2 bridgehead atoms. The molecular weight excluding hydrogens is 418 g/mol. The number of hydrogen-bond acceptors (Lipinski definition) is 5. The first-order valence-corrected chi connectivity index (χ1v) is 11.3. The van der Waals surface area contributed by atoms with Crippen LogP contribution in [0.25, 0.3) is 10.8 Å². The molecule has 0 aromatic heterocycles. The van der Waals surface area contributed by atoms with Crippen molar-refractivity contribution in [2.45, 2.75) is 31.5 Å². The van der Waals surface area contributed by atoms with Gasteiger partial charge in [0, 0.05) is 11.5 Å². The van der Waals surface area contributed by atoms with Crippen LogP contribution in [0.4, 0.5) is 4.79 Å². The molecule has 2 aliphatic heterocycles. The number of benzene rings is 3. The van der Waals surface area contributed by atoms with Crippen molar-refractivity contribution in [2.24, 2.45) is 5.92 Å². The summed E-state index contributed by atoms with van der Waals surface area (Å²) in [5.74, 6) is 0.778. The maximum Gasteiger partial charge on any atom is 0.410 e. The summed E-state index contributed by atoms with van der Waals surface area (Å²) in [6, 6.07) is 21.0. The summed E-state index contributed by atoms with van der Waals surface area (Å²) in [5.41, 5.74) is 1.66. The Bertz CT molecular complexity index is 1150. The molecule has 3 aromatic carbocycles.